The van der Waals surface area contributed by atoms with Gasteiger partial charge < -0.3 is 18.7 Å². The van der Waals surface area contributed by atoms with Gasteiger partial charge in [0.25, 0.3) is 0 Å². The first kappa shape index (κ1) is 13.7. The molecular weight excluding hydrogens is 290 g/mol. The highest BCUT2D eigenvalue weighted by Gasteiger charge is 2.15. The maximum absolute atomic E-state index is 11.6. The van der Waals surface area contributed by atoms with Crippen LogP contribution in [0.25, 0.3) is 11.3 Å². The van der Waals surface area contributed by atoms with E-state index in [-0.39, 0.29) is 12.4 Å². The molecule has 3 heterocycles. The van der Waals surface area contributed by atoms with Gasteiger partial charge in [0.15, 0.2) is 5.82 Å². The van der Waals surface area contributed by atoms with Crippen molar-refractivity contribution in [1.82, 2.24) is 10.5 Å². The van der Waals surface area contributed by atoms with E-state index in [0.29, 0.717) is 11.5 Å². The van der Waals surface area contributed by atoms with E-state index in [9.17, 15) is 9.59 Å². The number of anilines is 1. The first-order chi connectivity index (χ1) is 10.7. The van der Waals surface area contributed by atoms with Crippen LogP contribution in [0.1, 0.15) is 5.76 Å². The Hall–Kier alpha value is -3.29. The molecule has 3 aromatic heterocycles. The van der Waals surface area contributed by atoms with Crippen molar-refractivity contribution in [1.29, 1.82) is 0 Å². The molecule has 0 unspecified atom stereocenters. The molecular formula is C14H11N3O5. The molecule has 2 N–H and O–H groups in total. The van der Waals surface area contributed by atoms with E-state index >= 15 is 0 Å². The molecule has 0 aliphatic rings. The fourth-order valence-electron chi connectivity index (χ4n) is 1.73. The van der Waals surface area contributed by atoms with Crippen LogP contribution >= 0.6 is 0 Å². The Bertz CT molecular complexity index is 758. The summed E-state index contributed by atoms with van der Waals surface area (Å²) in [5.74, 6) is -0.344. The van der Waals surface area contributed by atoms with E-state index in [2.05, 4.69) is 20.3 Å². The molecule has 0 saturated carbocycles. The van der Waals surface area contributed by atoms with Crippen LogP contribution in [0.5, 0.6) is 0 Å². The minimum Gasteiger partial charge on any atom is -0.472 e. The third kappa shape index (κ3) is 3.06. The van der Waals surface area contributed by atoms with Crippen molar-refractivity contribution in [3.63, 3.8) is 0 Å². The predicted octanol–water partition coefficient (Wildman–Crippen LogP) is 1.78. The maximum Gasteiger partial charge on any atom is 0.314 e. The summed E-state index contributed by atoms with van der Waals surface area (Å²) in [4.78, 5) is 23.2. The molecule has 3 rings (SSSR count). The molecule has 3 aromatic rings. The monoisotopic (exact) mass is 301 g/mol. The summed E-state index contributed by atoms with van der Waals surface area (Å²) in [6.07, 6.45) is 4.37. The molecule has 0 bridgehead atoms. The number of hydrogen-bond acceptors (Lipinski definition) is 6. The number of carbonyl (C=O) groups is 2. The second-order valence-corrected chi connectivity index (χ2v) is 4.30. The Morgan fingerprint density at radius 1 is 1.09 bits per heavy atom. The van der Waals surface area contributed by atoms with Gasteiger partial charge >= 0.3 is 11.8 Å². The third-order valence-electron chi connectivity index (χ3n) is 2.78. The van der Waals surface area contributed by atoms with Gasteiger partial charge in [0.2, 0.25) is 0 Å². The van der Waals surface area contributed by atoms with Crippen LogP contribution in [0.15, 0.2) is 56.4 Å². The number of nitrogens with zero attached hydrogens (tertiary/aromatic N) is 1. The minimum absolute atomic E-state index is 0.0862. The average Bonchev–Trinajstić information content (AvgIpc) is 3.25. The van der Waals surface area contributed by atoms with Gasteiger partial charge in [-0.1, -0.05) is 5.16 Å². The smallest absolute Gasteiger partial charge is 0.314 e. The molecule has 0 fully saturated rings. The fourth-order valence-corrected chi connectivity index (χ4v) is 1.73. The molecule has 0 aromatic carbocycles. The van der Waals surface area contributed by atoms with Gasteiger partial charge in [0.1, 0.15) is 24.0 Å². The summed E-state index contributed by atoms with van der Waals surface area (Å²) in [6, 6.07) is 6.64. The van der Waals surface area contributed by atoms with Crippen LogP contribution < -0.4 is 10.6 Å². The molecule has 112 valence electrons. The number of amides is 2. The van der Waals surface area contributed by atoms with Crippen LogP contribution in [0, 0.1) is 0 Å². The predicted molar refractivity (Wildman–Crippen MR) is 73.4 cm³/mol. The number of hydrogen-bond donors (Lipinski definition) is 2. The molecule has 0 spiro atoms. The summed E-state index contributed by atoms with van der Waals surface area (Å²) in [6.45, 7) is 0.0862. The van der Waals surface area contributed by atoms with Crippen LogP contribution in [-0.4, -0.2) is 17.0 Å². The molecule has 0 atom stereocenters. The molecule has 0 radical (unpaired) electrons. The van der Waals surface area contributed by atoms with Gasteiger partial charge in [-0.3, -0.25) is 14.9 Å². The van der Waals surface area contributed by atoms with Crippen molar-refractivity contribution in [3.8, 4) is 11.3 Å². The maximum atomic E-state index is 11.6. The van der Waals surface area contributed by atoms with Crippen molar-refractivity contribution in [2.24, 2.45) is 0 Å². The van der Waals surface area contributed by atoms with Crippen molar-refractivity contribution in [2.45, 2.75) is 6.54 Å². The largest absolute Gasteiger partial charge is 0.472 e. The Kier molecular flexibility index (Phi) is 3.73. The summed E-state index contributed by atoms with van der Waals surface area (Å²) in [7, 11) is 0. The molecule has 8 nitrogen and oxygen atoms in total. The van der Waals surface area contributed by atoms with E-state index in [1.165, 1.54) is 18.6 Å². The Labute approximate surface area is 124 Å². The highest BCUT2D eigenvalue weighted by atomic mass is 16.5. The lowest BCUT2D eigenvalue weighted by Crippen LogP contribution is -2.34. The zero-order chi connectivity index (χ0) is 15.4. The van der Waals surface area contributed by atoms with Gasteiger partial charge in [-0.2, -0.15) is 0 Å². The molecule has 22 heavy (non-hydrogen) atoms. The van der Waals surface area contributed by atoms with Crippen molar-refractivity contribution >= 4 is 17.6 Å². The van der Waals surface area contributed by atoms with Crippen molar-refractivity contribution in [3.05, 3.63) is 48.8 Å². The van der Waals surface area contributed by atoms with Crippen molar-refractivity contribution in [2.75, 3.05) is 5.32 Å². The highest BCUT2D eigenvalue weighted by Crippen LogP contribution is 2.22. The second-order valence-electron chi connectivity index (χ2n) is 4.30. The third-order valence-corrected chi connectivity index (χ3v) is 2.78. The molecule has 0 aliphatic heterocycles. The summed E-state index contributed by atoms with van der Waals surface area (Å²) in [5, 5.41) is 8.20. The quantitative estimate of drug-likeness (QED) is 0.711. The summed E-state index contributed by atoms with van der Waals surface area (Å²) < 4.78 is 15.0. The first-order valence-electron chi connectivity index (χ1n) is 6.33. The topological polar surface area (TPSA) is 111 Å². The molecule has 0 saturated heterocycles. The van der Waals surface area contributed by atoms with Crippen LogP contribution in [-0.2, 0) is 16.1 Å². The van der Waals surface area contributed by atoms with Gasteiger partial charge in [-0.15, -0.1) is 0 Å². The Balaban J connectivity index is 1.54. The van der Waals surface area contributed by atoms with E-state index in [4.69, 9.17) is 8.83 Å². The van der Waals surface area contributed by atoms with Gasteiger partial charge in [0.05, 0.1) is 18.4 Å². The van der Waals surface area contributed by atoms with Crippen molar-refractivity contribution < 1.29 is 22.9 Å². The number of carbonyl (C=O) groups excluding carboxylic acids is 2. The van der Waals surface area contributed by atoms with Crippen LogP contribution in [0.2, 0.25) is 0 Å². The molecule has 8 heteroatoms. The standard InChI is InChI=1S/C14H11N3O5/c18-13(14(19)16-12-4-6-21-17-12)15-7-10-1-2-11(22-10)9-3-5-20-8-9/h1-6,8H,7H2,(H,15,18)(H,16,17,19). The average molecular weight is 301 g/mol. The summed E-state index contributed by atoms with van der Waals surface area (Å²) >= 11 is 0. The molecule has 2 amide bonds. The lowest BCUT2D eigenvalue weighted by atomic mass is 10.3. The SMILES string of the molecule is O=C(NCc1ccc(-c2ccoc2)o1)C(=O)Nc1ccon1. The first-order valence-corrected chi connectivity index (χ1v) is 6.33. The molecule has 0 aliphatic carbocycles. The van der Waals surface area contributed by atoms with E-state index in [1.54, 1.807) is 24.5 Å². The number of aromatic nitrogens is 1. The van der Waals surface area contributed by atoms with Crippen LogP contribution in [0.4, 0.5) is 5.82 Å². The zero-order valence-electron chi connectivity index (χ0n) is 11.2. The number of furan rings is 2. The zero-order valence-corrected chi connectivity index (χ0v) is 11.2. The summed E-state index contributed by atoms with van der Waals surface area (Å²) in [5.41, 5.74) is 0.793. The number of rotatable bonds is 4. The Morgan fingerprint density at radius 2 is 2.00 bits per heavy atom. The highest BCUT2D eigenvalue weighted by molar-refractivity contribution is 6.39. The Morgan fingerprint density at radius 3 is 2.73 bits per heavy atom. The van der Waals surface area contributed by atoms with E-state index in [1.807, 2.05) is 0 Å². The van der Waals surface area contributed by atoms with E-state index in [0.717, 1.165) is 5.56 Å². The normalized spacial score (nSPS) is 10.4. The minimum atomic E-state index is -0.837. The van der Waals surface area contributed by atoms with Gasteiger partial charge in [0, 0.05) is 6.07 Å². The lowest BCUT2D eigenvalue weighted by Gasteiger charge is -2.02. The fraction of sp³-hybridized carbons (Fsp3) is 0.0714. The van der Waals surface area contributed by atoms with Crippen LogP contribution in [0.3, 0.4) is 0 Å². The lowest BCUT2D eigenvalue weighted by molar-refractivity contribution is -0.136. The van der Waals surface area contributed by atoms with E-state index < -0.39 is 11.8 Å². The second kappa shape index (κ2) is 6.00. The number of nitrogens with one attached hydrogen (secondary N) is 2. The van der Waals surface area contributed by atoms with Gasteiger partial charge in [-0.25, -0.2) is 0 Å². The van der Waals surface area contributed by atoms with Gasteiger partial charge in [-0.05, 0) is 18.2 Å².